The predicted molar refractivity (Wildman–Crippen MR) is 209 cm³/mol. The monoisotopic (exact) mass is 840 g/mol. The van der Waals surface area contributed by atoms with Crippen LogP contribution in [-0.4, -0.2) is 143 Å². The molecule has 326 valence electrons. The van der Waals surface area contributed by atoms with Crippen LogP contribution in [0.3, 0.4) is 0 Å². The molecular formula is C36H60N10O11S. The average Bonchev–Trinajstić information content (AvgIpc) is 3.92. The van der Waals surface area contributed by atoms with Crippen molar-refractivity contribution in [1.82, 2.24) is 47.6 Å². The molecule has 0 aromatic rings. The molecule has 22 heteroatoms. The van der Waals surface area contributed by atoms with Crippen LogP contribution in [0.4, 0.5) is 4.79 Å². The molecule has 0 aromatic heterocycles. The molecule has 0 aromatic carbocycles. The summed E-state index contributed by atoms with van der Waals surface area (Å²) in [5.41, 5.74) is 6.97. The quantitative estimate of drug-likeness (QED) is 0.0193. The van der Waals surface area contributed by atoms with Crippen LogP contribution in [0.15, 0.2) is 0 Å². The highest BCUT2D eigenvalue weighted by Gasteiger charge is 2.43. The summed E-state index contributed by atoms with van der Waals surface area (Å²) >= 11 is 1.83. The van der Waals surface area contributed by atoms with Crippen molar-refractivity contribution >= 4 is 65.1 Å². The summed E-state index contributed by atoms with van der Waals surface area (Å²) in [5, 5.41) is 37.2. The van der Waals surface area contributed by atoms with Gasteiger partial charge in [-0.05, 0) is 57.3 Å². The number of aliphatic hydroxyl groups excluding tert-OH is 1. The van der Waals surface area contributed by atoms with Crippen molar-refractivity contribution in [2.45, 2.75) is 120 Å². The van der Waals surface area contributed by atoms with Crippen molar-refractivity contribution in [3.63, 3.8) is 0 Å². The second kappa shape index (κ2) is 24.3. The number of amides is 10. The minimum absolute atomic E-state index is 0.0419. The molecule has 3 saturated heterocycles. The van der Waals surface area contributed by atoms with Gasteiger partial charge in [0.05, 0.1) is 31.8 Å². The molecule has 3 heterocycles. The van der Waals surface area contributed by atoms with E-state index in [9.17, 15) is 48.3 Å². The van der Waals surface area contributed by atoms with Crippen LogP contribution < -0.4 is 48.4 Å². The molecule has 0 aliphatic carbocycles. The molecule has 0 bridgehead atoms. The highest BCUT2D eigenvalue weighted by molar-refractivity contribution is 8.00. The Morgan fingerprint density at radius 2 is 1.64 bits per heavy atom. The summed E-state index contributed by atoms with van der Waals surface area (Å²) in [6.07, 6.45) is 4.92. The van der Waals surface area contributed by atoms with Gasteiger partial charge in [0.1, 0.15) is 18.1 Å². The van der Waals surface area contributed by atoms with Crippen molar-refractivity contribution in [3.05, 3.63) is 0 Å². The number of nitrogens with one attached hydrogen (secondary N) is 8. The molecule has 3 aliphatic rings. The third kappa shape index (κ3) is 15.6. The van der Waals surface area contributed by atoms with Crippen molar-refractivity contribution in [2.75, 3.05) is 38.5 Å². The van der Waals surface area contributed by atoms with E-state index in [-0.39, 0.29) is 55.7 Å². The SMILES string of the molecule is CC(C)CC(CC(=O)NO)C(=O)N1CCC[C@H]1C(=O)N[C@@H](CO)C(=O)NCC(=O)NCC(=O)N[C@@H](CCCCNC(=O)CCCC[C@@H]1SC[C@@H]2NC(=O)N[C@@H]21)C(N)=O. The van der Waals surface area contributed by atoms with E-state index in [4.69, 9.17) is 10.9 Å². The zero-order valence-electron chi connectivity index (χ0n) is 33.1. The van der Waals surface area contributed by atoms with E-state index in [0.717, 1.165) is 25.0 Å². The Morgan fingerprint density at radius 1 is 0.897 bits per heavy atom. The summed E-state index contributed by atoms with van der Waals surface area (Å²) < 4.78 is 0. The first-order chi connectivity index (χ1) is 27.6. The van der Waals surface area contributed by atoms with Crippen LogP contribution in [0.5, 0.6) is 0 Å². The largest absolute Gasteiger partial charge is 0.394 e. The maximum atomic E-state index is 13.3. The number of primary amides is 1. The molecule has 3 rings (SSSR count). The molecule has 1 unspecified atom stereocenters. The molecule has 0 saturated carbocycles. The third-order valence-electron chi connectivity index (χ3n) is 10.2. The molecule has 0 spiro atoms. The highest BCUT2D eigenvalue weighted by atomic mass is 32.2. The standard InChI is InChI=1S/C36H60N10O11S/c1-20(2)14-21(15-28(49)45-57)35(55)46-13-7-9-25(46)34(54)42-23(18-47)33(53)40-16-29(50)39-17-30(51)41-22(32(37)52)8-5-6-12-38-27(48)11-4-3-10-26-31-24(19-58-26)43-36(56)44-31/h20-26,31,47,57H,3-19H2,1-2H3,(H2,37,52)(H,38,48)(H,39,50)(H,40,53)(H,41,51)(H,42,54)(H,45,49)(H2,43,44,56)/t21?,22-,23-,24-,25-,26-,31-/m0/s1. The number of carbonyl (C=O) groups is 9. The van der Waals surface area contributed by atoms with E-state index < -0.39 is 85.1 Å². The number of hydrogen-bond donors (Lipinski definition) is 11. The van der Waals surface area contributed by atoms with Crippen LogP contribution in [0.25, 0.3) is 0 Å². The Labute approximate surface area is 341 Å². The van der Waals surface area contributed by atoms with Gasteiger partial charge in [-0.2, -0.15) is 11.8 Å². The lowest BCUT2D eigenvalue weighted by Gasteiger charge is -2.29. The zero-order valence-corrected chi connectivity index (χ0v) is 34.0. The predicted octanol–water partition coefficient (Wildman–Crippen LogP) is -2.77. The summed E-state index contributed by atoms with van der Waals surface area (Å²) in [6.45, 7) is 2.38. The Bertz CT molecular complexity index is 1490. The zero-order chi connectivity index (χ0) is 42.8. The van der Waals surface area contributed by atoms with E-state index in [0.29, 0.717) is 43.9 Å². The Kier molecular flexibility index (Phi) is 20.0. The lowest BCUT2D eigenvalue weighted by atomic mass is 9.92. The average molecular weight is 841 g/mol. The third-order valence-corrected chi connectivity index (χ3v) is 11.7. The lowest BCUT2D eigenvalue weighted by molar-refractivity contribution is -0.145. The van der Waals surface area contributed by atoms with E-state index in [1.165, 1.54) is 10.4 Å². The van der Waals surface area contributed by atoms with Gasteiger partial charge >= 0.3 is 6.03 Å². The normalized spacial score (nSPS) is 21.1. The van der Waals surface area contributed by atoms with Crippen LogP contribution in [-0.2, 0) is 38.4 Å². The van der Waals surface area contributed by atoms with Gasteiger partial charge in [0.15, 0.2) is 0 Å². The topological polar surface area (TPSA) is 320 Å². The Hall–Kier alpha value is -4.70. The number of carbonyl (C=O) groups excluding carboxylic acids is 9. The first-order valence-corrected chi connectivity index (χ1v) is 20.9. The molecule has 7 atom stereocenters. The summed E-state index contributed by atoms with van der Waals surface area (Å²) in [7, 11) is 0. The van der Waals surface area contributed by atoms with Gasteiger partial charge < -0.3 is 53.0 Å². The van der Waals surface area contributed by atoms with E-state index in [2.05, 4.69) is 37.2 Å². The van der Waals surface area contributed by atoms with Gasteiger partial charge in [-0.15, -0.1) is 0 Å². The van der Waals surface area contributed by atoms with Crippen molar-refractivity contribution < 1.29 is 53.5 Å². The van der Waals surface area contributed by atoms with Gasteiger partial charge in [-0.1, -0.05) is 20.3 Å². The number of unbranched alkanes of at least 4 members (excludes halogenated alkanes) is 2. The second-order valence-electron chi connectivity index (χ2n) is 15.2. The Morgan fingerprint density at radius 3 is 2.33 bits per heavy atom. The van der Waals surface area contributed by atoms with Gasteiger partial charge in [0, 0.05) is 42.9 Å². The second-order valence-corrected chi connectivity index (χ2v) is 16.5. The number of hydrogen-bond acceptors (Lipinski definition) is 12. The van der Waals surface area contributed by atoms with Crippen LogP contribution in [0.2, 0.25) is 0 Å². The molecule has 10 amide bonds. The fourth-order valence-corrected chi connectivity index (χ4v) is 8.78. The van der Waals surface area contributed by atoms with Crippen LogP contribution in [0.1, 0.15) is 84.5 Å². The number of nitrogens with zero attached hydrogens (tertiary/aromatic N) is 1. The van der Waals surface area contributed by atoms with Crippen molar-refractivity contribution in [2.24, 2.45) is 17.6 Å². The fraction of sp³-hybridized carbons (Fsp3) is 0.750. The minimum Gasteiger partial charge on any atom is -0.394 e. The fourth-order valence-electron chi connectivity index (χ4n) is 7.24. The first-order valence-electron chi connectivity index (χ1n) is 19.9. The van der Waals surface area contributed by atoms with Crippen LogP contribution in [0, 0.1) is 11.8 Å². The molecule has 12 N–H and O–H groups in total. The van der Waals surface area contributed by atoms with E-state index in [1.807, 2.05) is 25.6 Å². The van der Waals surface area contributed by atoms with Gasteiger partial charge in [0.2, 0.25) is 47.3 Å². The highest BCUT2D eigenvalue weighted by Crippen LogP contribution is 2.33. The number of thioether (sulfide) groups is 1. The summed E-state index contributed by atoms with van der Waals surface area (Å²) in [6, 6.07) is -3.27. The summed E-state index contributed by atoms with van der Waals surface area (Å²) in [5.74, 6) is -4.99. The number of likely N-dealkylation sites (tertiary alicyclic amines) is 1. The van der Waals surface area contributed by atoms with Crippen LogP contribution >= 0.6 is 11.8 Å². The van der Waals surface area contributed by atoms with E-state index in [1.54, 1.807) is 0 Å². The Balaban J connectivity index is 1.30. The molecule has 58 heavy (non-hydrogen) atoms. The number of aliphatic hydroxyl groups is 1. The number of urea groups is 1. The number of rotatable bonds is 25. The smallest absolute Gasteiger partial charge is 0.315 e. The van der Waals surface area contributed by atoms with Crippen molar-refractivity contribution in [1.29, 1.82) is 0 Å². The molecule has 3 fully saturated rings. The van der Waals surface area contributed by atoms with Gasteiger partial charge in [-0.3, -0.25) is 43.6 Å². The lowest BCUT2D eigenvalue weighted by Crippen LogP contribution is -2.56. The first kappa shape index (κ1) is 47.7. The molecule has 21 nitrogen and oxygen atoms in total. The van der Waals surface area contributed by atoms with Gasteiger partial charge in [0.25, 0.3) is 0 Å². The maximum Gasteiger partial charge on any atom is 0.315 e. The van der Waals surface area contributed by atoms with Crippen molar-refractivity contribution in [3.8, 4) is 0 Å². The van der Waals surface area contributed by atoms with E-state index >= 15 is 0 Å². The minimum atomic E-state index is -1.46. The molecular weight excluding hydrogens is 781 g/mol. The number of nitrogens with two attached hydrogens (primary N) is 1. The van der Waals surface area contributed by atoms with Gasteiger partial charge in [-0.25, -0.2) is 10.3 Å². The number of fused-ring (bicyclic) bond motifs is 1. The molecule has 3 aliphatic heterocycles. The molecule has 0 radical (unpaired) electrons. The maximum absolute atomic E-state index is 13.3. The number of hydroxylamine groups is 1. The summed E-state index contributed by atoms with van der Waals surface area (Å²) in [4.78, 5) is 113.